The number of aliphatic carboxylic acids is 1. The van der Waals surface area contributed by atoms with Gasteiger partial charge in [0, 0.05) is 18.0 Å². The van der Waals surface area contributed by atoms with Crippen molar-refractivity contribution in [3.63, 3.8) is 0 Å². The van der Waals surface area contributed by atoms with E-state index in [9.17, 15) is 4.79 Å². The number of aromatic nitrogens is 1. The fourth-order valence-corrected chi connectivity index (χ4v) is 3.38. The largest absolute Gasteiger partial charge is 0.481 e. The molecule has 0 saturated heterocycles. The summed E-state index contributed by atoms with van der Waals surface area (Å²) in [5.74, 6) is 0.214. The number of carboxylic acid groups (broad SMARTS) is 1. The lowest BCUT2D eigenvalue weighted by Gasteiger charge is -2.28. The Morgan fingerprint density at radius 3 is 2.65 bits per heavy atom. The number of benzene rings is 1. The minimum Gasteiger partial charge on any atom is -0.481 e. The number of rotatable bonds is 3. The van der Waals surface area contributed by atoms with Crippen molar-refractivity contribution in [3.8, 4) is 0 Å². The van der Waals surface area contributed by atoms with Crippen LogP contribution in [-0.4, -0.2) is 16.1 Å². The second-order valence-electron chi connectivity index (χ2n) is 5.74. The third kappa shape index (κ3) is 2.67. The van der Waals surface area contributed by atoms with Crippen LogP contribution in [0.15, 0.2) is 36.5 Å². The first kappa shape index (κ1) is 13.1. The molecule has 1 N–H and O–H groups in total. The average molecular weight is 269 g/mol. The molecule has 3 heteroatoms. The van der Waals surface area contributed by atoms with Gasteiger partial charge in [-0.2, -0.15) is 0 Å². The van der Waals surface area contributed by atoms with Crippen molar-refractivity contribution in [2.24, 2.45) is 5.92 Å². The molecule has 0 unspecified atom stereocenters. The van der Waals surface area contributed by atoms with Crippen LogP contribution in [0, 0.1) is 5.92 Å². The number of hydrogen-bond acceptors (Lipinski definition) is 2. The van der Waals surface area contributed by atoms with Gasteiger partial charge in [0.15, 0.2) is 0 Å². The van der Waals surface area contributed by atoms with E-state index in [2.05, 4.69) is 29.2 Å². The molecule has 1 aromatic heterocycles. The van der Waals surface area contributed by atoms with Gasteiger partial charge < -0.3 is 5.11 Å². The van der Waals surface area contributed by atoms with Crippen molar-refractivity contribution in [2.75, 3.05) is 0 Å². The molecule has 0 bridgehead atoms. The summed E-state index contributed by atoms with van der Waals surface area (Å²) >= 11 is 0. The summed E-state index contributed by atoms with van der Waals surface area (Å²) in [5.41, 5.74) is 2.44. The molecule has 1 aliphatic carbocycles. The van der Waals surface area contributed by atoms with Crippen molar-refractivity contribution in [3.05, 3.63) is 42.1 Å². The molecule has 3 rings (SSSR count). The number of carboxylic acids is 1. The third-order valence-corrected chi connectivity index (χ3v) is 4.41. The van der Waals surface area contributed by atoms with Crippen molar-refractivity contribution in [1.82, 2.24) is 4.98 Å². The maximum Gasteiger partial charge on any atom is 0.303 e. The number of pyridine rings is 1. The molecular formula is C17H19NO2. The predicted molar refractivity (Wildman–Crippen MR) is 78.7 cm³/mol. The number of fused-ring (bicyclic) bond motifs is 1. The Morgan fingerprint density at radius 1 is 1.15 bits per heavy atom. The summed E-state index contributed by atoms with van der Waals surface area (Å²) in [4.78, 5) is 15.3. The summed E-state index contributed by atoms with van der Waals surface area (Å²) in [6.45, 7) is 0. The van der Waals surface area contributed by atoms with Crippen molar-refractivity contribution < 1.29 is 9.90 Å². The quantitative estimate of drug-likeness (QED) is 0.916. The minimum absolute atomic E-state index is 0.320. The number of carbonyl (C=O) groups is 1. The SMILES string of the molecule is O=C(O)CC1CCC(c2cccc3cccnc23)CC1. The van der Waals surface area contributed by atoms with Gasteiger partial charge in [0.2, 0.25) is 0 Å². The molecule has 2 aromatic rings. The van der Waals surface area contributed by atoms with Gasteiger partial charge in [0.1, 0.15) is 0 Å². The average Bonchev–Trinajstić information content (AvgIpc) is 2.47. The fourth-order valence-electron chi connectivity index (χ4n) is 3.38. The number of nitrogens with zero attached hydrogens (tertiary/aromatic N) is 1. The number of para-hydroxylation sites is 1. The van der Waals surface area contributed by atoms with E-state index in [4.69, 9.17) is 5.11 Å². The summed E-state index contributed by atoms with van der Waals surface area (Å²) < 4.78 is 0. The molecule has 0 aliphatic heterocycles. The first-order chi connectivity index (χ1) is 9.74. The molecule has 1 saturated carbocycles. The lowest BCUT2D eigenvalue weighted by atomic mass is 9.77. The molecular weight excluding hydrogens is 250 g/mol. The smallest absolute Gasteiger partial charge is 0.303 e. The maximum atomic E-state index is 10.8. The van der Waals surface area contributed by atoms with Gasteiger partial charge in [-0.05, 0) is 49.1 Å². The molecule has 1 fully saturated rings. The first-order valence-corrected chi connectivity index (χ1v) is 7.29. The van der Waals surface area contributed by atoms with E-state index >= 15 is 0 Å². The van der Waals surface area contributed by atoms with Gasteiger partial charge in [0.05, 0.1) is 5.52 Å². The van der Waals surface area contributed by atoms with Crippen LogP contribution < -0.4 is 0 Å². The molecule has 0 amide bonds. The van der Waals surface area contributed by atoms with E-state index in [1.54, 1.807) is 0 Å². The Kier molecular flexibility index (Phi) is 3.68. The Balaban J connectivity index is 1.78. The molecule has 0 spiro atoms. The Bertz CT molecular complexity index is 610. The highest BCUT2D eigenvalue weighted by Crippen LogP contribution is 2.38. The zero-order valence-corrected chi connectivity index (χ0v) is 11.5. The standard InChI is InChI=1S/C17H19NO2/c19-16(20)11-12-6-8-13(9-7-12)15-5-1-3-14-4-2-10-18-17(14)15/h1-5,10,12-13H,6-9,11H2,(H,19,20). The second-order valence-corrected chi connectivity index (χ2v) is 5.74. The lowest BCUT2D eigenvalue weighted by molar-refractivity contribution is -0.138. The molecule has 1 aromatic carbocycles. The van der Waals surface area contributed by atoms with Crippen LogP contribution in [0.1, 0.15) is 43.6 Å². The van der Waals surface area contributed by atoms with E-state index in [0.717, 1.165) is 31.2 Å². The van der Waals surface area contributed by atoms with E-state index in [1.165, 1.54) is 10.9 Å². The third-order valence-electron chi connectivity index (χ3n) is 4.41. The van der Waals surface area contributed by atoms with Gasteiger partial charge in [-0.15, -0.1) is 0 Å². The van der Waals surface area contributed by atoms with E-state index in [1.807, 2.05) is 12.3 Å². The highest BCUT2D eigenvalue weighted by Gasteiger charge is 2.25. The van der Waals surface area contributed by atoms with Crippen LogP contribution in [0.5, 0.6) is 0 Å². The Labute approximate surface area is 118 Å². The van der Waals surface area contributed by atoms with Gasteiger partial charge in [-0.3, -0.25) is 9.78 Å². The molecule has 104 valence electrons. The normalized spacial score (nSPS) is 22.8. The highest BCUT2D eigenvalue weighted by atomic mass is 16.4. The fraction of sp³-hybridized carbons (Fsp3) is 0.412. The Hall–Kier alpha value is -1.90. The Morgan fingerprint density at radius 2 is 1.90 bits per heavy atom. The monoisotopic (exact) mass is 269 g/mol. The summed E-state index contributed by atoms with van der Waals surface area (Å²) in [6, 6.07) is 10.4. The van der Waals surface area contributed by atoms with Crippen LogP contribution in [0.25, 0.3) is 10.9 Å². The zero-order valence-electron chi connectivity index (χ0n) is 11.5. The minimum atomic E-state index is -0.666. The van der Waals surface area contributed by atoms with Crippen LogP contribution >= 0.6 is 0 Å². The predicted octanol–water partition coefficient (Wildman–Crippen LogP) is 3.98. The van der Waals surface area contributed by atoms with Crippen LogP contribution in [-0.2, 0) is 4.79 Å². The molecule has 1 aliphatic rings. The summed E-state index contributed by atoms with van der Waals surface area (Å²) in [6.07, 6.45) is 6.35. The molecule has 1 heterocycles. The van der Waals surface area contributed by atoms with Gasteiger partial charge in [0.25, 0.3) is 0 Å². The topological polar surface area (TPSA) is 50.2 Å². The van der Waals surface area contributed by atoms with E-state index < -0.39 is 5.97 Å². The maximum absolute atomic E-state index is 10.8. The first-order valence-electron chi connectivity index (χ1n) is 7.29. The summed E-state index contributed by atoms with van der Waals surface area (Å²) in [5, 5.41) is 10.1. The van der Waals surface area contributed by atoms with Gasteiger partial charge in [-0.25, -0.2) is 0 Å². The highest BCUT2D eigenvalue weighted by molar-refractivity contribution is 5.82. The zero-order chi connectivity index (χ0) is 13.9. The van der Waals surface area contributed by atoms with Crippen molar-refractivity contribution >= 4 is 16.9 Å². The molecule has 20 heavy (non-hydrogen) atoms. The molecule has 0 radical (unpaired) electrons. The molecule has 3 nitrogen and oxygen atoms in total. The number of hydrogen-bond donors (Lipinski definition) is 1. The van der Waals surface area contributed by atoms with E-state index in [0.29, 0.717) is 18.3 Å². The lowest BCUT2D eigenvalue weighted by Crippen LogP contribution is -2.16. The van der Waals surface area contributed by atoms with Crippen molar-refractivity contribution in [1.29, 1.82) is 0 Å². The van der Waals surface area contributed by atoms with Crippen LogP contribution in [0.2, 0.25) is 0 Å². The van der Waals surface area contributed by atoms with Crippen molar-refractivity contribution in [2.45, 2.75) is 38.0 Å². The van der Waals surface area contributed by atoms with Crippen LogP contribution in [0.4, 0.5) is 0 Å². The van der Waals surface area contributed by atoms with E-state index in [-0.39, 0.29) is 0 Å². The van der Waals surface area contributed by atoms with Gasteiger partial charge in [-0.1, -0.05) is 24.3 Å². The second kappa shape index (κ2) is 5.61. The van der Waals surface area contributed by atoms with Crippen LogP contribution in [0.3, 0.4) is 0 Å². The summed E-state index contributed by atoms with van der Waals surface area (Å²) in [7, 11) is 0. The molecule has 0 atom stereocenters. The van der Waals surface area contributed by atoms with Gasteiger partial charge >= 0.3 is 5.97 Å².